The number of rotatable bonds is 4. The zero-order valence-electron chi connectivity index (χ0n) is 10.9. The molecule has 0 radical (unpaired) electrons. The zero-order chi connectivity index (χ0) is 15.5. The van der Waals surface area contributed by atoms with Gasteiger partial charge in [-0.2, -0.15) is 18.3 Å². The molecule has 3 N–H and O–H groups in total. The maximum Gasteiger partial charge on any atom is 0.435 e. The Labute approximate surface area is 118 Å². The molecule has 2 rings (SSSR count). The van der Waals surface area contributed by atoms with Crippen LogP contribution in [-0.4, -0.2) is 15.7 Å². The molecule has 112 valence electrons. The number of hydrogen-bond donors (Lipinski definition) is 2. The maximum atomic E-state index is 12.4. The normalized spacial score (nSPS) is 11.4. The Hall–Kier alpha value is -2.35. The fraction of sp³-hybridized carbons (Fsp3) is 0.231. The molecule has 21 heavy (non-hydrogen) atoms. The highest BCUT2D eigenvalue weighted by molar-refractivity contribution is 5.77. The summed E-state index contributed by atoms with van der Waals surface area (Å²) in [6.45, 7) is 0.222. The van der Waals surface area contributed by atoms with Crippen LogP contribution in [0.15, 0.2) is 36.5 Å². The molecule has 1 aromatic heterocycles. The second-order valence-corrected chi connectivity index (χ2v) is 4.46. The van der Waals surface area contributed by atoms with Gasteiger partial charge in [0.1, 0.15) is 0 Å². The quantitative estimate of drug-likeness (QED) is 0.510. The molecule has 0 atom stereocenters. The number of nitrogens with one attached hydrogen (secondary N) is 1. The number of benzene rings is 1. The Morgan fingerprint density at radius 1 is 1.19 bits per heavy atom. The van der Waals surface area contributed by atoms with Crippen molar-refractivity contribution in [3.63, 3.8) is 0 Å². The first kappa shape index (κ1) is 15.0. The van der Waals surface area contributed by atoms with Crippen molar-refractivity contribution in [1.82, 2.24) is 15.2 Å². The van der Waals surface area contributed by atoms with E-state index in [0.29, 0.717) is 0 Å². The van der Waals surface area contributed by atoms with E-state index < -0.39 is 11.9 Å². The summed E-state index contributed by atoms with van der Waals surface area (Å²) in [7, 11) is 0. The van der Waals surface area contributed by atoms with Crippen molar-refractivity contribution in [2.45, 2.75) is 19.1 Å². The van der Waals surface area contributed by atoms with E-state index in [2.05, 4.69) is 5.10 Å². The summed E-state index contributed by atoms with van der Waals surface area (Å²) < 4.78 is 38.5. The van der Waals surface area contributed by atoms with Crippen LogP contribution < -0.4 is 11.3 Å². The van der Waals surface area contributed by atoms with Crippen molar-refractivity contribution in [3.8, 4) is 0 Å². The maximum absolute atomic E-state index is 12.4. The first-order valence-corrected chi connectivity index (χ1v) is 6.06. The van der Waals surface area contributed by atoms with Gasteiger partial charge in [-0.05, 0) is 17.2 Å². The molecule has 1 heterocycles. The third-order valence-electron chi connectivity index (χ3n) is 2.82. The minimum absolute atomic E-state index is 0.150. The minimum Gasteiger partial charge on any atom is -0.294 e. The van der Waals surface area contributed by atoms with E-state index in [4.69, 9.17) is 5.84 Å². The van der Waals surface area contributed by atoms with Crippen LogP contribution in [0.25, 0.3) is 0 Å². The minimum atomic E-state index is -4.44. The van der Waals surface area contributed by atoms with Gasteiger partial charge in [0.2, 0.25) is 5.91 Å². The number of nitrogens with two attached hydrogens (primary N) is 1. The highest BCUT2D eigenvalue weighted by Gasteiger charge is 2.33. The number of alkyl halides is 3. The molecule has 1 amide bonds. The van der Waals surface area contributed by atoms with E-state index in [1.54, 1.807) is 24.3 Å². The summed E-state index contributed by atoms with van der Waals surface area (Å²) in [6.07, 6.45) is -3.01. The van der Waals surface area contributed by atoms with Crippen LogP contribution in [0, 0.1) is 0 Å². The van der Waals surface area contributed by atoms with Crippen molar-refractivity contribution in [2.75, 3.05) is 0 Å². The molecule has 0 aliphatic rings. The van der Waals surface area contributed by atoms with Crippen molar-refractivity contribution in [1.29, 1.82) is 0 Å². The molecule has 0 bridgehead atoms. The molecule has 0 fully saturated rings. The number of nitrogens with zero attached hydrogens (tertiary/aromatic N) is 2. The van der Waals surface area contributed by atoms with Crippen molar-refractivity contribution >= 4 is 5.91 Å². The van der Waals surface area contributed by atoms with Crippen molar-refractivity contribution in [3.05, 3.63) is 53.3 Å². The fourth-order valence-electron chi connectivity index (χ4n) is 1.79. The van der Waals surface area contributed by atoms with Gasteiger partial charge in [-0.1, -0.05) is 24.3 Å². The molecule has 2 aromatic rings. The van der Waals surface area contributed by atoms with Crippen LogP contribution in [-0.2, 0) is 23.9 Å². The van der Waals surface area contributed by atoms with Gasteiger partial charge in [0, 0.05) is 6.20 Å². The van der Waals surface area contributed by atoms with E-state index in [1.807, 2.05) is 5.43 Å². The van der Waals surface area contributed by atoms with Gasteiger partial charge in [0.15, 0.2) is 5.69 Å². The Morgan fingerprint density at radius 2 is 1.81 bits per heavy atom. The fourth-order valence-corrected chi connectivity index (χ4v) is 1.79. The first-order valence-electron chi connectivity index (χ1n) is 6.06. The van der Waals surface area contributed by atoms with Crippen LogP contribution in [0.5, 0.6) is 0 Å². The van der Waals surface area contributed by atoms with Gasteiger partial charge in [-0.3, -0.25) is 14.9 Å². The summed E-state index contributed by atoms with van der Waals surface area (Å²) in [4.78, 5) is 11.1. The largest absolute Gasteiger partial charge is 0.435 e. The molecule has 5 nitrogen and oxygen atoms in total. The van der Waals surface area contributed by atoms with Gasteiger partial charge in [0.05, 0.1) is 13.0 Å². The number of halogens is 3. The molecule has 0 aliphatic carbocycles. The molecule has 8 heteroatoms. The second kappa shape index (κ2) is 5.96. The van der Waals surface area contributed by atoms with Crippen LogP contribution in [0.4, 0.5) is 13.2 Å². The molecule has 0 aliphatic heterocycles. The Kier molecular flexibility index (Phi) is 4.27. The van der Waals surface area contributed by atoms with Crippen LogP contribution in [0.1, 0.15) is 16.8 Å². The Balaban J connectivity index is 2.03. The molecule has 0 spiro atoms. The summed E-state index contributed by atoms with van der Waals surface area (Å²) >= 11 is 0. The van der Waals surface area contributed by atoms with Crippen molar-refractivity contribution < 1.29 is 18.0 Å². The highest BCUT2D eigenvalue weighted by atomic mass is 19.4. The molecular formula is C13H13F3N4O. The Bertz CT molecular complexity index is 619. The van der Waals surface area contributed by atoms with Crippen molar-refractivity contribution in [2.24, 2.45) is 5.84 Å². The number of carbonyl (C=O) groups is 1. The van der Waals surface area contributed by atoms with Gasteiger partial charge in [0.25, 0.3) is 0 Å². The smallest absolute Gasteiger partial charge is 0.294 e. The molecule has 0 saturated carbocycles. The van der Waals surface area contributed by atoms with E-state index in [9.17, 15) is 18.0 Å². The molecule has 0 unspecified atom stereocenters. The van der Waals surface area contributed by atoms with Crippen LogP contribution >= 0.6 is 0 Å². The van der Waals surface area contributed by atoms with E-state index in [-0.39, 0.29) is 18.9 Å². The number of hydrogen-bond acceptors (Lipinski definition) is 3. The number of carbonyl (C=O) groups excluding carboxylic acids is 1. The number of hydrazine groups is 1. The lowest BCUT2D eigenvalue weighted by atomic mass is 10.1. The van der Waals surface area contributed by atoms with Gasteiger partial charge >= 0.3 is 6.18 Å². The third-order valence-corrected chi connectivity index (χ3v) is 2.82. The molecule has 1 aromatic carbocycles. The Morgan fingerprint density at radius 3 is 2.33 bits per heavy atom. The van der Waals surface area contributed by atoms with Gasteiger partial charge < -0.3 is 0 Å². The summed E-state index contributed by atoms with van der Waals surface area (Å²) in [5.74, 6) is 4.67. The van der Waals surface area contributed by atoms with E-state index >= 15 is 0 Å². The predicted octanol–water partition coefficient (Wildman–Crippen LogP) is 1.48. The lowest BCUT2D eigenvalue weighted by Crippen LogP contribution is -2.31. The topological polar surface area (TPSA) is 72.9 Å². The molecule has 0 saturated heterocycles. The number of amides is 1. The van der Waals surface area contributed by atoms with E-state index in [1.165, 1.54) is 10.9 Å². The zero-order valence-corrected chi connectivity index (χ0v) is 10.9. The second-order valence-electron chi connectivity index (χ2n) is 4.46. The van der Waals surface area contributed by atoms with Gasteiger partial charge in [-0.25, -0.2) is 5.84 Å². The first-order chi connectivity index (χ1) is 9.88. The standard InChI is InChI=1S/C13H13F3N4O/c14-13(15,16)11-5-6-20(19-11)8-10-3-1-9(2-4-10)7-12(21)18-17/h1-6H,7-8,17H2,(H,18,21). The molecular weight excluding hydrogens is 285 g/mol. The van der Waals surface area contributed by atoms with Gasteiger partial charge in [-0.15, -0.1) is 0 Å². The summed E-state index contributed by atoms with van der Waals surface area (Å²) in [6, 6.07) is 7.83. The number of aromatic nitrogens is 2. The predicted molar refractivity (Wildman–Crippen MR) is 68.8 cm³/mol. The summed E-state index contributed by atoms with van der Waals surface area (Å²) in [5.41, 5.74) is 2.65. The monoisotopic (exact) mass is 298 g/mol. The highest BCUT2D eigenvalue weighted by Crippen LogP contribution is 2.27. The summed E-state index contributed by atoms with van der Waals surface area (Å²) in [5, 5.41) is 3.47. The van der Waals surface area contributed by atoms with Crippen LogP contribution in [0.3, 0.4) is 0 Å². The third kappa shape index (κ3) is 4.06. The lowest BCUT2D eigenvalue weighted by Gasteiger charge is -2.05. The average Bonchev–Trinajstić information content (AvgIpc) is 2.89. The SMILES string of the molecule is NNC(=O)Cc1ccc(Cn2ccc(C(F)(F)F)n2)cc1. The van der Waals surface area contributed by atoms with Crippen LogP contribution in [0.2, 0.25) is 0 Å². The average molecular weight is 298 g/mol. The lowest BCUT2D eigenvalue weighted by molar-refractivity contribution is -0.141. The van der Waals surface area contributed by atoms with E-state index in [0.717, 1.165) is 17.2 Å².